The summed E-state index contributed by atoms with van der Waals surface area (Å²) < 4.78 is 0.936. The van der Waals surface area contributed by atoms with Crippen molar-refractivity contribution in [3.8, 4) is 0 Å². The summed E-state index contributed by atoms with van der Waals surface area (Å²) in [6.07, 6.45) is 0. The number of nitrogens with two attached hydrogens (primary N) is 1. The van der Waals surface area contributed by atoms with Gasteiger partial charge in [-0.15, -0.1) is 0 Å². The van der Waals surface area contributed by atoms with Gasteiger partial charge < -0.3 is 5.73 Å². The molecule has 0 spiro atoms. The monoisotopic (exact) mass is 244 g/mol. The zero-order valence-corrected chi connectivity index (χ0v) is 7.29. The van der Waals surface area contributed by atoms with Gasteiger partial charge in [-0.3, -0.25) is 0 Å². The van der Waals surface area contributed by atoms with Crippen molar-refractivity contribution < 1.29 is 0 Å². The van der Waals surface area contributed by atoms with E-state index in [1.165, 1.54) is 0 Å². The normalized spacial score (nSPS) is 8.80. The van der Waals surface area contributed by atoms with Crippen molar-refractivity contribution in [2.24, 2.45) is 0 Å². The van der Waals surface area contributed by atoms with E-state index in [0.717, 1.165) is 9.26 Å². The molecule has 0 aliphatic heterocycles. The second kappa shape index (κ2) is 2.88. The maximum absolute atomic E-state index is 6.69. The quantitative estimate of drug-likeness (QED) is 0.424. The van der Waals surface area contributed by atoms with Crippen molar-refractivity contribution in [3.63, 3.8) is 0 Å². The first-order chi connectivity index (χ1) is 4.74. The lowest BCUT2D eigenvalue weighted by Gasteiger charge is -1.95. The molecular weight excluding hydrogens is 239 g/mol. The van der Waals surface area contributed by atoms with Crippen LogP contribution in [0.4, 0.5) is 11.4 Å². The largest absolute Gasteiger partial charge is 0.398 e. The maximum Gasteiger partial charge on any atom is 0.188 e. The van der Waals surface area contributed by atoms with Gasteiger partial charge in [0.2, 0.25) is 0 Å². The topological polar surface area (TPSA) is 30.4 Å². The molecule has 0 atom stereocenters. The molecule has 50 valence electrons. The van der Waals surface area contributed by atoms with Gasteiger partial charge in [-0.05, 0) is 34.7 Å². The van der Waals surface area contributed by atoms with E-state index in [1.54, 1.807) is 18.2 Å². The van der Waals surface area contributed by atoms with Gasteiger partial charge in [-0.1, -0.05) is 6.07 Å². The fraction of sp³-hybridized carbons (Fsp3) is 0. The average Bonchev–Trinajstić information content (AvgIpc) is 1.95. The summed E-state index contributed by atoms with van der Waals surface area (Å²) in [5, 5.41) is 0. The number of halogens is 1. The fourth-order valence-corrected chi connectivity index (χ4v) is 1.08. The van der Waals surface area contributed by atoms with Crippen molar-refractivity contribution in [1.82, 2.24) is 0 Å². The van der Waals surface area contributed by atoms with Gasteiger partial charge in [0.05, 0.1) is 6.57 Å². The Hall–Kier alpha value is -0.760. The molecule has 0 unspecified atom stereocenters. The van der Waals surface area contributed by atoms with E-state index in [9.17, 15) is 0 Å². The Morgan fingerprint density at radius 2 is 2.20 bits per heavy atom. The average molecular weight is 244 g/mol. The molecule has 0 heterocycles. The van der Waals surface area contributed by atoms with E-state index < -0.39 is 0 Å². The fourth-order valence-electron chi connectivity index (χ4n) is 0.586. The summed E-state index contributed by atoms with van der Waals surface area (Å²) in [5.41, 5.74) is 6.90. The van der Waals surface area contributed by atoms with Crippen LogP contribution >= 0.6 is 22.6 Å². The molecule has 0 radical (unpaired) electrons. The van der Waals surface area contributed by atoms with Crippen LogP contribution < -0.4 is 5.73 Å². The molecule has 0 fully saturated rings. The lowest BCUT2D eigenvalue weighted by Crippen LogP contribution is -1.86. The Kier molecular flexibility index (Phi) is 2.12. The number of nitrogen functional groups attached to an aromatic ring is 1. The van der Waals surface area contributed by atoms with Gasteiger partial charge in [0.1, 0.15) is 0 Å². The van der Waals surface area contributed by atoms with Crippen LogP contribution in [-0.4, -0.2) is 0 Å². The van der Waals surface area contributed by atoms with Crippen molar-refractivity contribution >= 4 is 34.0 Å². The number of nitrogens with zero attached hydrogens (tertiary/aromatic N) is 1. The number of rotatable bonds is 0. The number of hydrogen-bond donors (Lipinski definition) is 1. The van der Waals surface area contributed by atoms with Crippen molar-refractivity contribution in [2.75, 3.05) is 5.73 Å². The Bertz CT molecular complexity index is 288. The molecule has 0 bridgehead atoms. The molecule has 0 saturated heterocycles. The third-order valence-corrected chi connectivity index (χ3v) is 2.05. The molecule has 0 aliphatic rings. The van der Waals surface area contributed by atoms with Crippen molar-refractivity contribution in [2.45, 2.75) is 0 Å². The standard InChI is InChI=1S/C7H5IN2/c1-10-5-2-3-7(9)6(8)4-5/h2-4H,9H2. The number of hydrogen-bond acceptors (Lipinski definition) is 1. The third kappa shape index (κ3) is 1.39. The molecule has 2 nitrogen and oxygen atoms in total. The molecule has 0 aromatic heterocycles. The Morgan fingerprint density at radius 3 is 2.70 bits per heavy atom. The van der Waals surface area contributed by atoms with Gasteiger partial charge in [0, 0.05) is 9.26 Å². The minimum Gasteiger partial charge on any atom is -0.398 e. The predicted octanol–water partition coefficient (Wildman–Crippen LogP) is 2.42. The molecule has 3 heteroatoms. The molecule has 0 aliphatic carbocycles. The zero-order valence-electron chi connectivity index (χ0n) is 5.13. The minimum absolute atomic E-state index is 0.638. The third-order valence-electron chi connectivity index (χ3n) is 1.11. The Labute approximate surface area is 73.0 Å². The van der Waals surface area contributed by atoms with Crippen molar-refractivity contribution in [1.29, 1.82) is 0 Å². The highest BCUT2D eigenvalue weighted by molar-refractivity contribution is 14.1. The summed E-state index contributed by atoms with van der Waals surface area (Å²) in [4.78, 5) is 3.26. The second-order valence-electron chi connectivity index (χ2n) is 1.82. The highest BCUT2D eigenvalue weighted by Crippen LogP contribution is 2.20. The van der Waals surface area contributed by atoms with E-state index >= 15 is 0 Å². The molecule has 0 saturated carbocycles. The van der Waals surface area contributed by atoms with Gasteiger partial charge in [0.25, 0.3) is 0 Å². The summed E-state index contributed by atoms with van der Waals surface area (Å²) in [6.45, 7) is 6.69. The van der Waals surface area contributed by atoms with E-state index in [1.807, 2.05) is 0 Å². The van der Waals surface area contributed by atoms with Crippen LogP contribution in [-0.2, 0) is 0 Å². The first-order valence-electron chi connectivity index (χ1n) is 2.66. The Morgan fingerprint density at radius 1 is 1.50 bits per heavy atom. The highest BCUT2D eigenvalue weighted by Gasteiger charge is 1.94. The van der Waals surface area contributed by atoms with Crippen LogP contribution in [0.3, 0.4) is 0 Å². The molecule has 2 N–H and O–H groups in total. The van der Waals surface area contributed by atoms with E-state index in [-0.39, 0.29) is 0 Å². The van der Waals surface area contributed by atoms with Gasteiger partial charge in [-0.2, -0.15) is 0 Å². The SMILES string of the molecule is [C-]#[N+]c1ccc(N)c(I)c1. The van der Waals surface area contributed by atoms with Gasteiger partial charge >= 0.3 is 0 Å². The van der Waals surface area contributed by atoms with Crippen LogP contribution in [0.15, 0.2) is 18.2 Å². The van der Waals surface area contributed by atoms with Crippen molar-refractivity contribution in [3.05, 3.63) is 33.2 Å². The van der Waals surface area contributed by atoms with E-state index in [2.05, 4.69) is 27.4 Å². The van der Waals surface area contributed by atoms with E-state index in [0.29, 0.717) is 5.69 Å². The van der Waals surface area contributed by atoms with Crippen LogP contribution in [0.5, 0.6) is 0 Å². The van der Waals surface area contributed by atoms with E-state index in [4.69, 9.17) is 12.3 Å². The maximum atomic E-state index is 6.69. The summed E-state index contributed by atoms with van der Waals surface area (Å²) >= 11 is 2.10. The smallest absolute Gasteiger partial charge is 0.188 e. The molecule has 1 aromatic carbocycles. The van der Waals surface area contributed by atoms with Crippen LogP contribution in [0.1, 0.15) is 0 Å². The lowest BCUT2D eigenvalue weighted by molar-refractivity contribution is 1.64. The van der Waals surface area contributed by atoms with Crippen LogP contribution in [0, 0.1) is 10.1 Å². The van der Waals surface area contributed by atoms with Crippen LogP contribution in [0.25, 0.3) is 4.85 Å². The first kappa shape index (κ1) is 7.35. The minimum atomic E-state index is 0.638. The summed E-state index contributed by atoms with van der Waals surface area (Å²) in [5.74, 6) is 0. The first-order valence-corrected chi connectivity index (χ1v) is 3.74. The van der Waals surface area contributed by atoms with Gasteiger partial charge in [-0.25, -0.2) is 4.85 Å². The molecule has 1 aromatic rings. The molecule has 1 rings (SSSR count). The summed E-state index contributed by atoms with van der Waals surface area (Å²) in [7, 11) is 0. The predicted molar refractivity (Wildman–Crippen MR) is 49.8 cm³/mol. The van der Waals surface area contributed by atoms with Gasteiger partial charge in [0.15, 0.2) is 5.69 Å². The molecule has 10 heavy (non-hydrogen) atoms. The molecule has 0 amide bonds. The summed E-state index contributed by atoms with van der Waals surface area (Å²) in [6, 6.07) is 5.22. The highest BCUT2D eigenvalue weighted by atomic mass is 127. The zero-order chi connectivity index (χ0) is 7.56. The second-order valence-corrected chi connectivity index (χ2v) is 2.98. The number of anilines is 1. The number of benzene rings is 1. The molecular formula is C7H5IN2. The van der Waals surface area contributed by atoms with Crippen LogP contribution in [0.2, 0.25) is 0 Å². The lowest BCUT2D eigenvalue weighted by atomic mass is 10.3. The Balaban J connectivity index is 3.20.